The van der Waals surface area contributed by atoms with Crippen molar-refractivity contribution >= 4 is 11.6 Å². The van der Waals surface area contributed by atoms with Gasteiger partial charge in [0.1, 0.15) is 22.9 Å². The minimum atomic E-state index is -0.993. The standard InChI is InChI=1S/C17H12F3N3O/c1-10-7-8-23(22-10)15-6-5-11(9-14(15)20)21-17(24)16-12(18)3-2-4-13(16)19/h2-9H,1H3,(H,21,24). The fourth-order valence-corrected chi connectivity index (χ4v) is 2.23. The number of halogens is 3. The molecule has 1 aromatic heterocycles. The molecule has 4 nitrogen and oxygen atoms in total. The van der Waals surface area contributed by atoms with E-state index in [9.17, 15) is 18.0 Å². The summed E-state index contributed by atoms with van der Waals surface area (Å²) >= 11 is 0. The molecule has 0 saturated carbocycles. The highest BCUT2D eigenvalue weighted by Crippen LogP contribution is 2.20. The lowest BCUT2D eigenvalue weighted by Gasteiger charge is -2.09. The van der Waals surface area contributed by atoms with Gasteiger partial charge >= 0.3 is 0 Å². The van der Waals surface area contributed by atoms with Crippen molar-refractivity contribution in [2.45, 2.75) is 6.92 Å². The predicted octanol–water partition coefficient (Wildman–Crippen LogP) is 3.85. The maximum Gasteiger partial charge on any atom is 0.261 e. The Labute approximate surface area is 135 Å². The Balaban J connectivity index is 1.86. The smallest absolute Gasteiger partial charge is 0.261 e. The number of aromatic nitrogens is 2. The lowest BCUT2D eigenvalue weighted by atomic mass is 10.1. The van der Waals surface area contributed by atoms with Crippen LogP contribution >= 0.6 is 0 Å². The number of nitrogens with one attached hydrogen (secondary N) is 1. The second-order valence-electron chi connectivity index (χ2n) is 5.12. The van der Waals surface area contributed by atoms with Crippen LogP contribution in [-0.2, 0) is 0 Å². The van der Waals surface area contributed by atoms with E-state index < -0.39 is 28.9 Å². The van der Waals surface area contributed by atoms with Gasteiger partial charge in [0.2, 0.25) is 0 Å². The molecule has 3 aromatic rings. The third-order valence-electron chi connectivity index (χ3n) is 3.36. The number of nitrogens with zero attached hydrogens (tertiary/aromatic N) is 2. The zero-order chi connectivity index (χ0) is 17.3. The first kappa shape index (κ1) is 15.8. The van der Waals surface area contributed by atoms with Crippen LogP contribution in [0.3, 0.4) is 0 Å². The SMILES string of the molecule is Cc1ccn(-c2ccc(NC(=O)c3c(F)cccc3F)cc2F)n1. The first-order valence-electron chi connectivity index (χ1n) is 7.03. The molecule has 0 fully saturated rings. The molecule has 1 amide bonds. The molecule has 0 saturated heterocycles. The fraction of sp³-hybridized carbons (Fsp3) is 0.0588. The summed E-state index contributed by atoms with van der Waals surface area (Å²) in [6.07, 6.45) is 1.60. The summed E-state index contributed by atoms with van der Waals surface area (Å²) < 4.78 is 42.7. The average molecular weight is 331 g/mol. The summed E-state index contributed by atoms with van der Waals surface area (Å²) in [6, 6.07) is 8.71. The Bertz CT molecular complexity index is 901. The van der Waals surface area contributed by atoms with Gasteiger partial charge in [0.05, 0.1) is 5.69 Å². The summed E-state index contributed by atoms with van der Waals surface area (Å²) in [7, 11) is 0. The van der Waals surface area contributed by atoms with E-state index in [1.165, 1.54) is 16.8 Å². The van der Waals surface area contributed by atoms with Gasteiger partial charge in [-0.1, -0.05) is 6.07 Å². The van der Waals surface area contributed by atoms with E-state index in [0.29, 0.717) is 0 Å². The minimum Gasteiger partial charge on any atom is -0.322 e. The van der Waals surface area contributed by atoms with E-state index in [0.717, 1.165) is 30.0 Å². The molecule has 0 aliphatic rings. The first-order valence-corrected chi connectivity index (χ1v) is 7.03. The Hall–Kier alpha value is -3.09. The molecule has 0 aliphatic carbocycles. The number of carbonyl (C=O) groups excluding carboxylic acids is 1. The van der Waals surface area contributed by atoms with Gasteiger partial charge in [-0.05, 0) is 43.3 Å². The van der Waals surface area contributed by atoms with Gasteiger partial charge in [-0.25, -0.2) is 17.9 Å². The summed E-state index contributed by atoms with van der Waals surface area (Å²) in [5, 5.41) is 6.37. The van der Waals surface area contributed by atoms with Crippen LogP contribution in [0.25, 0.3) is 5.69 Å². The largest absolute Gasteiger partial charge is 0.322 e. The molecule has 2 aromatic carbocycles. The molecule has 0 aliphatic heterocycles. The molecule has 0 radical (unpaired) electrons. The van der Waals surface area contributed by atoms with Gasteiger partial charge in [0.25, 0.3) is 5.91 Å². The van der Waals surface area contributed by atoms with E-state index in [-0.39, 0.29) is 11.4 Å². The van der Waals surface area contributed by atoms with Crippen LogP contribution in [0.2, 0.25) is 0 Å². The number of hydrogen-bond donors (Lipinski definition) is 1. The second kappa shape index (κ2) is 6.19. The molecule has 3 rings (SSSR count). The van der Waals surface area contributed by atoms with Crippen LogP contribution < -0.4 is 5.32 Å². The van der Waals surface area contributed by atoms with Crippen LogP contribution in [0.5, 0.6) is 0 Å². The Morgan fingerprint density at radius 1 is 1.04 bits per heavy atom. The van der Waals surface area contributed by atoms with E-state index in [4.69, 9.17) is 0 Å². The highest BCUT2D eigenvalue weighted by atomic mass is 19.1. The van der Waals surface area contributed by atoms with Crippen molar-refractivity contribution in [2.75, 3.05) is 5.32 Å². The number of amides is 1. The highest BCUT2D eigenvalue weighted by molar-refractivity contribution is 6.04. The van der Waals surface area contributed by atoms with Crippen LogP contribution in [0, 0.1) is 24.4 Å². The average Bonchev–Trinajstić information content (AvgIpc) is 2.93. The number of hydrogen-bond acceptors (Lipinski definition) is 2. The first-order chi connectivity index (χ1) is 11.5. The maximum atomic E-state index is 14.2. The number of aryl methyl sites for hydroxylation is 1. The molecule has 24 heavy (non-hydrogen) atoms. The van der Waals surface area contributed by atoms with Crippen molar-refractivity contribution in [3.8, 4) is 5.69 Å². The number of carbonyl (C=O) groups is 1. The third kappa shape index (κ3) is 3.01. The van der Waals surface area contributed by atoms with Gasteiger partial charge < -0.3 is 5.32 Å². The highest BCUT2D eigenvalue weighted by Gasteiger charge is 2.17. The predicted molar refractivity (Wildman–Crippen MR) is 82.6 cm³/mol. The summed E-state index contributed by atoms with van der Waals surface area (Å²) in [6.45, 7) is 1.77. The lowest BCUT2D eigenvalue weighted by molar-refractivity contribution is 0.101. The van der Waals surface area contributed by atoms with Crippen molar-refractivity contribution in [1.29, 1.82) is 0 Å². The summed E-state index contributed by atoms with van der Waals surface area (Å²) in [5.41, 5.74) is 0.275. The molecule has 7 heteroatoms. The fourth-order valence-electron chi connectivity index (χ4n) is 2.23. The number of benzene rings is 2. The van der Waals surface area contributed by atoms with Crippen LogP contribution in [0.1, 0.15) is 16.1 Å². The molecule has 1 N–H and O–H groups in total. The van der Waals surface area contributed by atoms with Crippen molar-refractivity contribution in [3.63, 3.8) is 0 Å². The second-order valence-corrected chi connectivity index (χ2v) is 5.12. The Kier molecular flexibility index (Phi) is 4.07. The van der Waals surface area contributed by atoms with E-state index in [1.807, 2.05) is 0 Å². The minimum absolute atomic E-state index is 0.0766. The van der Waals surface area contributed by atoms with Crippen LogP contribution in [0.4, 0.5) is 18.9 Å². The van der Waals surface area contributed by atoms with Crippen LogP contribution in [-0.4, -0.2) is 15.7 Å². The van der Waals surface area contributed by atoms with Gasteiger partial charge in [0.15, 0.2) is 5.82 Å². The molecular weight excluding hydrogens is 319 g/mol. The van der Waals surface area contributed by atoms with Crippen LogP contribution in [0.15, 0.2) is 48.7 Å². The molecule has 0 unspecified atom stereocenters. The topological polar surface area (TPSA) is 46.9 Å². The monoisotopic (exact) mass is 331 g/mol. The Morgan fingerprint density at radius 3 is 2.33 bits per heavy atom. The zero-order valence-electron chi connectivity index (χ0n) is 12.6. The molecular formula is C17H12F3N3O. The van der Waals surface area contributed by atoms with Crippen molar-refractivity contribution in [1.82, 2.24) is 9.78 Å². The quantitative estimate of drug-likeness (QED) is 0.792. The van der Waals surface area contributed by atoms with Gasteiger partial charge in [0, 0.05) is 11.9 Å². The molecule has 1 heterocycles. The van der Waals surface area contributed by atoms with E-state index in [2.05, 4.69) is 10.4 Å². The molecule has 122 valence electrons. The van der Waals surface area contributed by atoms with Gasteiger partial charge in [-0.3, -0.25) is 4.79 Å². The number of anilines is 1. The van der Waals surface area contributed by atoms with Gasteiger partial charge in [-0.15, -0.1) is 0 Å². The molecule has 0 spiro atoms. The summed E-state index contributed by atoms with van der Waals surface area (Å²) in [5.74, 6) is -3.61. The maximum absolute atomic E-state index is 14.2. The molecule has 0 bridgehead atoms. The molecule has 0 atom stereocenters. The third-order valence-corrected chi connectivity index (χ3v) is 3.36. The van der Waals surface area contributed by atoms with Crippen molar-refractivity contribution < 1.29 is 18.0 Å². The van der Waals surface area contributed by atoms with E-state index in [1.54, 1.807) is 19.2 Å². The van der Waals surface area contributed by atoms with E-state index >= 15 is 0 Å². The summed E-state index contributed by atoms with van der Waals surface area (Å²) in [4.78, 5) is 12.0. The zero-order valence-corrected chi connectivity index (χ0v) is 12.6. The van der Waals surface area contributed by atoms with Crippen molar-refractivity contribution in [2.24, 2.45) is 0 Å². The van der Waals surface area contributed by atoms with Gasteiger partial charge in [-0.2, -0.15) is 5.10 Å². The normalized spacial score (nSPS) is 10.7. The lowest BCUT2D eigenvalue weighted by Crippen LogP contribution is -2.16. The van der Waals surface area contributed by atoms with Crippen molar-refractivity contribution in [3.05, 3.63) is 77.4 Å². The Morgan fingerprint density at radius 2 is 1.75 bits per heavy atom. The number of rotatable bonds is 3.